The fraction of sp³-hybridized carbons (Fsp3) is 0.391. The van der Waals surface area contributed by atoms with Crippen LogP contribution in [0.4, 0.5) is 9.18 Å². The average molecular weight is 471 g/mol. The van der Waals surface area contributed by atoms with Crippen LogP contribution in [0, 0.1) is 5.82 Å². The summed E-state index contributed by atoms with van der Waals surface area (Å²) in [5.74, 6) is -0.0210. The van der Waals surface area contributed by atoms with Crippen molar-refractivity contribution in [2.75, 3.05) is 26.2 Å². The van der Waals surface area contributed by atoms with Crippen molar-refractivity contribution in [2.24, 2.45) is 0 Å². The van der Waals surface area contributed by atoms with E-state index in [4.69, 9.17) is 11.6 Å². The van der Waals surface area contributed by atoms with Crippen LogP contribution in [0.1, 0.15) is 31.7 Å². The van der Waals surface area contributed by atoms with Gasteiger partial charge in [0.15, 0.2) is 5.82 Å². The SMILES string of the molecule is O=C(N1CCCC1)N1CCC(n2nc(-c3ccncc3Cl)n(-c3ccc(F)cc3)c2=O)CC1. The highest BCUT2D eigenvalue weighted by atomic mass is 35.5. The van der Waals surface area contributed by atoms with E-state index in [0.29, 0.717) is 48.0 Å². The largest absolute Gasteiger partial charge is 0.351 e. The summed E-state index contributed by atoms with van der Waals surface area (Å²) in [6.45, 7) is 2.77. The minimum atomic E-state index is -0.391. The van der Waals surface area contributed by atoms with E-state index in [1.54, 1.807) is 24.4 Å². The average Bonchev–Trinajstić information content (AvgIpc) is 3.48. The molecule has 2 amide bonds. The Labute approximate surface area is 195 Å². The van der Waals surface area contributed by atoms with E-state index in [1.165, 1.54) is 27.6 Å². The fourth-order valence-corrected chi connectivity index (χ4v) is 4.79. The number of benzene rings is 1. The van der Waals surface area contributed by atoms with Crippen molar-refractivity contribution in [1.82, 2.24) is 29.1 Å². The predicted octanol–water partition coefficient (Wildman–Crippen LogP) is 3.74. The van der Waals surface area contributed by atoms with Gasteiger partial charge in [0.2, 0.25) is 0 Å². The zero-order chi connectivity index (χ0) is 22.9. The lowest BCUT2D eigenvalue weighted by Gasteiger charge is -2.34. The molecule has 2 aliphatic heterocycles. The summed E-state index contributed by atoms with van der Waals surface area (Å²) in [7, 11) is 0. The van der Waals surface area contributed by atoms with Gasteiger partial charge in [-0.05, 0) is 56.0 Å². The molecule has 2 aromatic heterocycles. The van der Waals surface area contributed by atoms with Gasteiger partial charge in [-0.2, -0.15) is 0 Å². The maximum Gasteiger partial charge on any atom is 0.351 e. The second-order valence-electron chi connectivity index (χ2n) is 8.41. The molecule has 0 radical (unpaired) electrons. The maximum absolute atomic E-state index is 13.5. The molecule has 8 nitrogen and oxygen atoms in total. The molecule has 0 atom stereocenters. The van der Waals surface area contributed by atoms with Crippen LogP contribution in [0.3, 0.4) is 0 Å². The molecule has 0 unspecified atom stereocenters. The van der Waals surface area contributed by atoms with Crippen molar-refractivity contribution in [3.8, 4) is 17.1 Å². The number of hydrogen-bond acceptors (Lipinski definition) is 4. The molecule has 2 aliphatic rings. The first-order chi connectivity index (χ1) is 16.0. The molecule has 5 rings (SSSR count). The molecule has 2 saturated heterocycles. The number of pyridine rings is 1. The topological polar surface area (TPSA) is 76.3 Å². The highest BCUT2D eigenvalue weighted by Gasteiger charge is 2.31. The number of carbonyl (C=O) groups excluding carboxylic acids is 1. The van der Waals surface area contributed by atoms with E-state index < -0.39 is 5.82 Å². The van der Waals surface area contributed by atoms with Gasteiger partial charge in [0, 0.05) is 44.1 Å². The van der Waals surface area contributed by atoms with Gasteiger partial charge in [0.05, 0.1) is 16.8 Å². The first kappa shape index (κ1) is 21.6. The second-order valence-corrected chi connectivity index (χ2v) is 8.82. The van der Waals surface area contributed by atoms with Crippen LogP contribution in [0.2, 0.25) is 5.02 Å². The number of amides is 2. The van der Waals surface area contributed by atoms with E-state index in [1.807, 2.05) is 9.80 Å². The van der Waals surface area contributed by atoms with E-state index in [0.717, 1.165) is 25.9 Å². The molecule has 33 heavy (non-hydrogen) atoms. The van der Waals surface area contributed by atoms with Gasteiger partial charge in [-0.3, -0.25) is 4.98 Å². The van der Waals surface area contributed by atoms with Crippen LogP contribution in [0.5, 0.6) is 0 Å². The molecule has 10 heteroatoms. The lowest BCUT2D eigenvalue weighted by molar-refractivity contribution is 0.138. The van der Waals surface area contributed by atoms with Crippen LogP contribution >= 0.6 is 11.6 Å². The Morgan fingerprint density at radius 1 is 1.00 bits per heavy atom. The predicted molar refractivity (Wildman–Crippen MR) is 122 cm³/mol. The Kier molecular flexibility index (Phi) is 5.88. The van der Waals surface area contributed by atoms with Gasteiger partial charge in [0.1, 0.15) is 5.82 Å². The van der Waals surface area contributed by atoms with Crippen molar-refractivity contribution in [1.29, 1.82) is 0 Å². The van der Waals surface area contributed by atoms with Crippen molar-refractivity contribution < 1.29 is 9.18 Å². The molecule has 3 aromatic rings. The van der Waals surface area contributed by atoms with Gasteiger partial charge in [-0.25, -0.2) is 23.2 Å². The molecule has 0 aliphatic carbocycles. The van der Waals surface area contributed by atoms with Crippen LogP contribution in [0.25, 0.3) is 17.1 Å². The van der Waals surface area contributed by atoms with E-state index in [-0.39, 0.29) is 17.8 Å². The molecule has 0 N–H and O–H groups in total. The number of carbonyl (C=O) groups is 1. The van der Waals surface area contributed by atoms with Gasteiger partial charge in [-0.15, -0.1) is 5.10 Å². The lowest BCUT2D eigenvalue weighted by atomic mass is 10.1. The summed E-state index contributed by atoms with van der Waals surface area (Å²) in [5.41, 5.74) is 0.736. The molecule has 0 bridgehead atoms. The fourth-order valence-electron chi connectivity index (χ4n) is 4.58. The maximum atomic E-state index is 13.5. The Balaban J connectivity index is 1.47. The number of hydrogen-bond donors (Lipinski definition) is 0. The summed E-state index contributed by atoms with van der Waals surface area (Å²) >= 11 is 6.37. The monoisotopic (exact) mass is 470 g/mol. The number of halogens is 2. The Bertz CT molecular complexity index is 1210. The zero-order valence-electron chi connectivity index (χ0n) is 18.0. The summed E-state index contributed by atoms with van der Waals surface area (Å²) in [6, 6.07) is 7.32. The molecule has 1 aromatic carbocycles. The zero-order valence-corrected chi connectivity index (χ0v) is 18.8. The molecular formula is C23H24ClFN6O2. The van der Waals surface area contributed by atoms with Crippen LogP contribution in [-0.2, 0) is 0 Å². The van der Waals surface area contributed by atoms with Crippen molar-refractivity contribution in [2.45, 2.75) is 31.7 Å². The minimum Gasteiger partial charge on any atom is -0.325 e. The normalized spacial score (nSPS) is 17.0. The lowest BCUT2D eigenvalue weighted by Crippen LogP contribution is -2.46. The first-order valence-corrected chi connectivity index (χ1v) is 11.5. The molecule has 2 fully saturated rings. The highest BCUT2D eigenvalue weighted by Crippen LogP contribution is 2.29. The number of nitrogens with zero attached hydrogens (tertiary/aromatic N) is 6. The van der Waals surface area contributed by atoms with Gasteiger partial charge < -0.3 is 9.80 Å². The highest BCUT2D eigenvalue weighted by molar-refractivity contribution is 6.33. The molecule has 0 saturated carbocycles. The van der Waals surface area contributed by atoms with Gasteiger partial charge in [-0.1, -0.05) is 11.6 Å². The molecule has 172 valence electrons. The number of aromatic nitrogens is 4. The summed E-state index contributed by atoms with van der Waals surface area (Å²) in [5, 5.41) is 5.02. The van der Waals surface area contributed by atoms with E-state index in [2.05, 4.69) is 10.1 Å². The third kappa shape index (κ3) is 4.13. The van der Waals surface area contributed by atoms with E-state index in [9.17, 15) is 14.0 Å². The van der Waals surface area contributed by atoms with Crippen molar-refractivity contribution >= 4 is 17.6 Å². The summed E-state index contributed by atoms with van der Waals surface area (Å²) in [4.78, 5) is 34.0. The van der Waals surface area contributed by atoms with E-state index >= 15 is 0 Å². The van der Waals surface area contributed by atoms with Crippen molar-refractivity contribution in [3.63, 3.8) is 0 Å². The Hall–Kier alpha value is -3.20. The van der Waals surface area contributed by atoms with Gasteiger partial charge >= 0.3 is 11.7 Å². The van der Waals surface area contributed by atoms with Crippen LogP contribution in [0.15, 0.2) is 47.5 Å². The Morgan fingerprint density at radius 2 is 1.67 bits per heavy atom. The summed E-state index contributed by atoms with van der Waals surface area (Å²) in [6.07, 6.45) is 6.45. The second kappa shape index (κ2) is 8.97. The standard InChI is InChI=1S/C23H24ClFN6O2/c24-20-15-26-10-7-19(20)21-27-31(23(33)30(21)17-5-3-16(25)4-6-17)18-8-13-29(14-9-18)22(32)28-11-1-2-12-28/h3-7,10,15,18H,1-2,8-9,11-14H2. The van der Waals surface area contributed by atoms with Crippen molar-refractivity contribution in [3.05, 3.63) is 64.0 Å². The molecular weight excluding hydrogens is 447 g/mol. The first-order valence-electron chi connectivity index (χ1n) is 11.1. The molecule has 4 heterocycles. The van der Waals surface area contributed by atoms with Crippen LogP contribution < -0.4 is 5.69 Å². The van der Waals surface area contributed by atoms with Gasteiger partial charge in [0.25, 0.3) is 0 Å². The smallest absolute Gasteiger partial charge is 0.325 e. The van der Waals surface area contributed by atoms with Crippen LogP contribution in [-0.4, -0.2) is 61.3 Å². The number of urea groups is 1. The number of piperidine rings is 1. The molecule has 0 spiro atoms. The third-order valence-corrected chi connectivity index (χ3v) is 6.66. The minimum absolute atomic E-state index is 0.0828. The third-order valence-electron chi connectivity index (χ3n) is 6.36. The Morgan fingerprint density at radius 3 is 2.33 bits per heavy atom. The quantitative estimate of drug-likeness (QED) is 0.584. The summed E-state index contributed by atoms with van der Waals surface area (Å²) < 4.78 is 16.5. The number of rotatable bonds is 3. The number of likely N-dealkylation sites (tertiary alicyclic amines) is 2.